The van der Waals surface area contributed by atoms with Crippen LogP contribution in [-0.2, 0) is 0 Å². The summed E-state index contributed by atoms with van der Waals surface area (Å²) in [5, 5.41) is 0. The smallest absolute Gasteiger partial charge is 0.190 e. The highest BCUT2D eigenvalue weighted by molar-refractivity contribution is 6.22. The van der Waals surface area contributed by atoms with E-state index in [9.17, 15) is 4.79 Å². The summed E-state index contributed by atoms with van der Waals surface area (Å²) >= 11 is 0. The zero-order valence-electron chi connectivity index (χ0n) is 8.49. The molecule has 0 unspecified atom stereocenters. The third kappa shape index (κ3) is 0.785. The summed E-state index contributed by atoms with van der Waals surface area (Å²) < 4.78 is 0. The predicted molar refractivity (Wildman–Crippen MR) is 58.5 cm³/mol. The maximum absolute atomic E-state index is 12.2. The largest absolute Gasteiger partial charge is 0.289 e. The number of ketones is 1. The molecule has 1 aromatic rings. The number of carbonyl (C=O) groups is 1. The van der Waals surface area contributed by atoms with Crippen molar-refractivity contribution >= 4 is 11.4 Å². The van der Waals surface area contributed by atoms with Crippen molar-refractivity contribution in [3.63, 3.8) is 0 Å². The molecule has 2 atom stereocenters. The standard InChI is InChI=1S/C14H12O/c15-14-11-4-2-1-3-10(11)12-8-5-6-9(7-8)13(12)14/h1-4,8-9H,5-7H2/t8-,9+/m0/s1. The first-order valence-corrected chi connectivity index (χ1v) is 5.74. The van der Waals surface area contributed by atoms with Crippen LogP contribution >= 0.6 is 0 Å². The molecule has 1 nitrogen and oxygen atoms in total. The number of fused-ring (bicyclic) bond motifs is 6. The minimum atomic E-state index is 0.327. The minimum Gasteiger partial charge on any atom is -0.289 e. The summed E-state index contributed by atoms with van der Waals surface area (Å²) in [4.78, 5) is 12.2. The Hall–Kier alpha value is -1.37. The highest BCUT2D eigenvalue weighted by Gasteiger charge is 2.46. The molecule has 1 aromatic carbocycles. The number of hydrogen-bond acceptors (Lipinski definition) is 1. The zero-order chi connectivity index (χ0) is 9.99. The molecule has 4 rings (SSSR count). The average Bonchev–Trinajstić information content (AvgIpc) is 2.92. The van der Waals surface area contributed by atoms with Crippen molar-refractivity contribution in [1.82, 2.24) is 0 Å². The quantitative estimate of drug-likeness (QED) is 0.623. The highest BCUT2D eigenvalue weighted by atomic mass is 16.1. The molecule has 15 heavy (non-hydrogen) atoms. The molecule has 3 aliphatic carbocycles. The van der Waals surface area contributed by atoms with E-state index >= 15 is 0 Å². The van der Waals surface area contributed by atoms with E-state index in [-0.39, 0.29) is 0 Å². The Morgan fingerprint density at radius 3 is 2.40 bits per heavy atom. The monoisotopic (exact) mass is 196 g/mol. The van der Waals surface area contributed by atoms with Crippen molar-refractivity contribution in [2.24, 2.45) is 11.8 Å². The lowest BCUT2D eigenvalue weighted by atomic mass is 9.92. The molecule has 0 N–H and O–H groups in total. The normalized spacial score (nSPS) is 31.1. The second-order valence-corrected chi connectivity index (χ2v) is 4.91. The van der Waals surface area contributed by atoms with Crippen LogP contribution in [0.15, 0.2) is 29.8 Å². The maximum atomic E-state index is 12.2. The van der Waals surface area contributed by atoms with Gasteiger partial charge in [0.1, 0.15) is 0 Å². The van der Waals surface area contributed by atoms with E-state index in [0.29, 0.717) is 17.6 Å². The van der Waals surface area contributed by atoms with Crippen molar-refractivity contribution < 1.29 is 4.79 Å². The van der Waals surface area contributed by atoms with Crippen LogP contribution in [-0.4, -0.2) is 5.78 Å². The van der Waals surface area contributed by atoms with E-state index in [4.69, 9.17) is 0 Å². The second kappa shape index (κ2) is 2.41. The Morgan fingerprint density at radius 1 is 0.933 bits per heavy atom. The van der Waals surface area contributed by atoms with Crippen molar-refractivity contribution in [2.45, 2.75) is 19.3 Å². The van der Waals surface area contributed by atoms with Gasteiger partial charge in [0, 0.05) is 11.1 Å². The fourth-order valence-electron chi connectivity index (χ4n) is 3.68. The Kier molecular flexibility index (Phi) is 1.26. The van der Waals surface area contributed by atoms with Gasteiger partial charge in [0.25, 0.3) is 0 Å². The molecular weight excluding hydrogens is 184 g/mol. The van der Waals surface area contributed by atoms with Crippen LogP contribution in [0.3, 0.4) is 0 Å². The van der Waals surface area contributed by atoms with Crippen LogP contribution in [0.25, 0.3) is 5.57 Å². The molecule has 74 valence electrons. The van der Waals surface area contributed by atoms with Crippen molar-refractivity contribution in [2.75, 3.05) is 0 Å². The molecule has 0 heterocycles. The topological polar surface area (TPSA) is 17.1 Å². The average molecular weight is 196 g/mol. The van der Waals surface area contributed by atoms with Gasteiger partial charge in [0.05, 0.1) is 0 Å². The molecule has 0 radical (unpaired) electrons. The lowest BCUT2D eigenvalue weighted by molar-refractivity contribution is 0.102. The van der Waals surface area contributed by atoms with E-state index in [0.717, 1.165) is 5.56 Å². The maximum Gasteiger partial charge on any atom is 0.190 e. The van der Waals surface area contributed by atoms with Crippen LogP contribution in [0.1, 0.15) is 35.2 Å². The molecule has 1 saturated carbocycles. The van der Waals surface area contributed by atoms with Gasteiger partial charge in [0.15, 0.2) is 5.78 Å². The van der Waals surface area contributed by atoms with Crippen molar-refractivity contribution in [1.29, 1.82) is 0 Å². The third-order valence-corrected chi connectivity index (χ3v) is 4.25. The number of allylic oxidation sites excluding steroid dienone is 2. The van der Waals surface area contributed by atoms with Crippen molar-refractivity contribution in [3.05, 3.63) is 41.0 Å². The third-order valence-electron chi connectivity index (χ3n) is 4.25. The lowest BCUT2D eigenvalue weighted by Crippen LogP contribution is -2.06. The first kappa shape index (κ1) is 7.86. The molecule has 3 aliphatic rings. The summed E-state index contributed by atoms with van der Waals surface area (Å²) in [6.07, 6.45) is 3.78. The Labute approximate surface area is 88.8 Å². The Morgan fingerprint density at radius 2 is 1.60 bits per heavy atom. The van der Waals surface area contributed by atoms with E-state index < -0.39 is 0 Å². The summed E-state index contributed by atoms with van der Waals surface area (Å²) in [5.74, 6) is 1.61. The van der Waals surface area contributed by atoms with Gasteiger partial charge in [-0.05, 0) is 42.2 Å². The highest BCUT2D eigenvalue weighted by Crippen LogP contribution is 2.56. The van der Waals surface area contributed by atoms with Gasteiger partial charge < -0.3 is 0 Å². The van der Waals surface area contributed by atoms with Crippen LogP contribution in [0, 0.1) is 11.8 Å². The molecule has 0 aromatic heterocycles. The van der Waals surface area contributed by atoms with Crippen LogP contribution < -0.4 is 0 Å². The molecule has 2 bridgehead atoms. The summed E-state index contributed by atoms with van der Waals surface area (Å²) in [7, 11) is 0. The van der Waals surface area contributed by atoms with Crippen LogP contribution in [0.5, 0.6) is 0 Å². The molecule has 1 heteroatoms. The van der Waals surface area contributed by atoms with Crippen LogP contribution in [0.4, 0.5) is 0 Å². The van der Waals surface area contributed by atoms with E-state index in [1.54, 1.807) is 0 Å². The van der Waals surface area contributed by atoms with Gasteiger partial charge >= 0.3 is 0 Å². The van der Waals surface area contributed by atoms with Gasteiger partial charge in [-0.15, -0.1) is 0 Å². The molecule has 1 fully saturated rings. The fourth-order valence-corrected chi connectivity index (χ4v) is 3.68. The zero-order valence-corrected chi connectivity index (χ0v) is 8.49. The number of carbonyl (C=O) groups excluding carboxylic acids is 1. The molecule has 0 saturated heterocycles. The lowest BCUT2D eigenvalue weighted by Gasteiger charge is -2.12. The minimum absolute atomic E-state index is 0.327. The van der Waals surface area contributed by atoms with Gasteiger partial charge in [-0.25, -0.2) is 0 Å². The summed E-state index contributed by atoms with van der Waals surface area (Å²) in [6.45, 7) is 0. The molecule has 0 spiro atoms. The molecule has 0 amide bonds. The fraction of sp³-hybridized carbons (Fsp3) is 0.357. The first-order valence-electron chi connectivity index (χ1n) is 5.74. The van der Waals surface area contributed by atoms with E-state index in [1.165, 1.54) is 36.0 Å². The SMILES string of the molecule is O=C1C2=C(c3ccccc31)[C@H]1CC[C@@H]2C1. The van der Waals surface area contributed by atoms with Gasteiger partial charge in [0.2, 0.25) is 0 Å². The van der Waals surface area contributed by atoms with E-state index in [1.807, 2.05) is 18.2 Å². The van der Waals surface area contributed by atoms with Gasteiger partial charge in [-0.1, -0.05) is 24.3 Å². The van der Waals surface area contributed by atoms with E-state index in [2.05, 4.69) is 6.07 Å². The number of benzene rings is 1. The van der Waals surface area contributed by atoms with Gasteiger partial charge in [-0.3, -0.25) is 4.79 Å². The first-order chi connectivity index (χ1) is 7.36. The Bertz CT molecular complexity index is 510. The summed E-state index contributed by atoms with van der Waals surface area (Å²) in [5.41, 5.74) is 4.78. The van der Waals surface area contributed by atoms with Crippen LogP contribution in [0.2, 0.25) is 0 Å². The number of hydrogen-bond donors (Lipinski definition) is 0. The van der Waals surface area contributed by atoms with Crippen molar-refractivity contribution in [3.8, 4) is 0 Å². The predicted octanol–water partition coefficient (Wildman–Crippen LogP) is 3.07. The second-order valence-electron chi connectivity index (χ2n) is 4.91. The Balaban J connectivity index is 2.02. The molecular formula is C14H12O. The van der Waals surface area contributed by atoms with Gasteiger partial charge in [-0.2, -0.15) is 0 Å². The summed E-state index contributed by atoms with van der Waals surface area (Å²) in [6, 6.07) is 8.13. The molecule has 0 aliphatic heterocycles. The number of Topliss-reactive ketones (excluding diaryl/α,β-unsaturated/α-hetero) is 1. The number of rotatable bonds is 0.